The van der Waals surface area contributed by atoms with Gasteiger partial charge in [-0.15, -0.1) is 0 Å². The Morgan fingerprint density at radius 1 is 1.08 bits per heavy atom. The molecule has 5 rings (SSSR count). The minimum atomic E-state index is -4.91. The van der Waals surface area contributed by atoms with E-state index in [1.165, 1.54) is 0 Å². The van der Waals surface area contributed by atoms with Crippen molar-refractivity contribution in [1.29, 1.82) is 5.41 Å². The van der Waals surface area contributed by atoms with Crippen molar-refractivity contribution in [3.05, 3.63) is 98.8 Å². The lowest BCUT2D eigenvalue weighted by Crippen LogP contribution is -2.62. The van der Waals surface area contributed by atoms with E-state index >= 15 is 0 Å². The Morgan fingerprint density at radius 3 is 2.33 bits per heavy atom. The fourth-order valence-electron chi connectivity index (χ4n) is 4.86. The van der Waals surface area contributed by atoms with Gasteiger partial charge < -0.3 is 20.4 Å². The molecule has 5 nitrogen and oxygen atoms in total. The smallest absolute Gasteiger partial charge is 0.362 e. The van der Waals surface area contributed by atoms with Gasteiger partial charge in [0.15, 0.2) is 5.82 Å². The second kappa shape index (κ2) is 9.99. The fraction of sp³-hybridized carbons (Fsp3) is 0.259. The van der Waals surface area contributed by atoms with Crippen molar-refractivity contribution < 1.29 is 27.1 Å². The van der Waals surface area contributed by atoms with E-state index in [1.807, 2.05) is 18.2 Å². The number of thiol groups is 1. The number of alkyl halides is 3. The monoisotopic (exact) mass is 597 g/mol. The SMILES string of the molecule is N=C(CC(S)(c1cc(Cl)c(F)c(Cl)c1)C(F)(F)F)c1ccc2c(c1)COC21CN(C(=O)Nc2ccccc2)C1. The number of urea groups is 1. The van der Waals surface area contributed by atoms with Gasteiger partial charge in [-0.25, -0.2) is 9.18 Å². The first kappa shape index (κ1) is 27.8. The predicted molar refractivity (Wildman–Crippen MR) is 145 cm³/mol. The van der Waals surface area contributed by atoms with E-state index in [0.29, 0.717) is 18.8 Å². The van der Waals surface area contributed by atoms with Crippen LogP contribution >= 0.6 is 35.8 Å². The molecule has 2 heterocycles. The van der Waals surface area contributed by atoms with Crippen LogP contribution in [-0.2, 0) is 21.7 Å². The summed E-state index contributed by atoms with van der Waals surface area (Å²) in [7, 11) is 0. The lowest BCUT2D eigenvalue weighted by molar-refractivity contribution is -0.159. The number of carbonyl (C=O) groups excluding carboxylic acids is 1. The van der Waals surface area contributed by atoms with Crippen molar-refractivity contribution in [3.63, 3.8) is 0 Å². The topological polar surface area (TPSA) is 65.4 Å². The fourth-order valence-corrected chi connectivity index (χ4v) is 5.63. The zero-order chi connectivity index (χ0) is 28.2. The summed E-state index contributed by atoms with van der Waals surface area (Å²) in [6.45, 7) is 0.823. The number of hydrogen-bond acceptors (Lipinski definition) is 4. The number of benzene rings is 3. The number of fused-ring (bicyclic) bond motifs is 2. The molecule has 204 valence electrons. The number of amides is 2. The summed E-state index contributed by atoms with van der Waals surface area (Å²) < 4.78 is 59.7. The maximum Gasteiger partial charge on any atom is 0.407 e. The second-order valence-electron chi connectivity index (χ2n) is 9.57. The average Bonchev–Trinajstić information content (AvgIpc) is 3.25. The highest BCUT2D eigenvalue weighted by molar-refractivity contribution is 7.81. The highest BCUT2D eigenvalue weighted by atomic mass is 35.5. The Labute approximate surface area is 237 Å². The molecule has 3 aromatic rings. The van der Waals surface area contributed by atoms with E-state index in [-0.39, 0.29) is 23.9 Å². The van der Waals surface area contributed by atoms with Gasteiger partial charge in [-0.2, -0.15) is 25.8 Å². The first-order valence-corrected chi connectivity index (χ1v) is 12.9. The highest BCUT2D eigenvalue weighted by Crippen LogP contribution is 2.49. The zero-order valence-electron chi connectivity index (χ0n) is 20.1. The summed E-state index contributed by atoms with van der Waals surface area (Å²) in [6, 6.07) is 15.3. The number of anilines is 1. The maximum atomic E-state index is 14.2. The maximum absolute atomic E-state index is 14.2. The molecule has 1 spiro atoms. The molecule has 1 saturated heterocycles. The van der Waals surface area contributed by atoms with Crippen molar-refractivity contribution in [2.24, 2.45) is 0 Å². The number of nitrogens with zero attached hydrogens (tertiary/aromatic N) is 1. The van der Waals surface area contributed by atoms with Crippen molar-refractivity contribution >= 4 is 53.3 Å². The second-order valence-corrected chi connectivity index (χ2v) is 11.2. The van der Waals surface area contributed by atoms with Crippen LogP contribution in [0.25, 0.3) is 0 Å². The van der Waals surface area contributed by atoms with Crippen molar-refractivity contribution in [1.82, 2.24) is 4.90 Å². The minimum absolute atomic E-state index is 0.194. The van der Waals surface area contributed by atoms with Crippen LogP contribution < -0.4 is 5.32 Å². The number of likely N-dealkylation sites (tertiary alicyclic amines) is 1. The molecule has 1 unspecified atom stereocenters. The largest absolute Gasteiger partial charge is 0.407 e. The lowest BCUT2D eigenvalue weighted by Gasteiger charge is -2.47. The Morgan fingerprint density at radius 2 is 1.72 bits per heavy atom. The Hall–Kier alpha value is -2.79. The van der Waals surface area contributed by atoms with Crippen LogP contribution in [0.1, 0.15) is 28.7 Å². The number of ether oxygens (including phenoxy) is 1. The number of nitrogens with one attached hydrogen (secondary N) is 2. The molecule has 1 fully saturated rings. The molecular formula is C27H21Cl2F4N3O2S. The molecular weight excluding hydrogens is 577 g/mol. The average molecular weight is 598 g/mol. The highest BCUT2D eigenvalue weighted by Gasteiger charge is 2.55. The van der Waals surface area contributed by atoms with Gasteiger partial charge in [0.1, 0.15) is 10.3 Å². The molecule has 2 amide bonds. The molecule has 2 N–H and O–H groups in total. The first-order chi connectivity index (χ1) is 18.3. The van der Waals surface area contributed by atoms with Crippen LogP contribution in [-0.4, -0.2) is 35.9 Å². The third kappa shape index (κ3) is 4.99. The summed E-state index contributed by atoms with van der Waals surface area (Å²) >= 11 is 15.4. The van der Waals surface area contributed by atoms with Gasteiger partial charge >= 0.3 is 12.2 Å². The first-order valence-electron chi connectivity index (χ1n) is 11.7. The van der Waals surface area contributed by atoms with Crippen molar-refractivity contribution in [3.8, 4) is 0 Å². The van der Waals surface area contributed by atoms with E-state index in [4.69, 9.17) is 33.3 Å². The zero-order valence-corrected chi connectivity index (χ0v) is 22.5. The van der Waals surface area contributed by atoms with Crippen LogP contribution in [0.3, 0.4) is 0 Å². The lowest BCUT2D eigenvalue weighted by atomic mass is 9.83. The van der Waals surface area contributed by atoms with Gasteiger partial charge in [0.05, 0.1) is 29.7 Å². The predicted octanol–water partition coefficient (Wildman–Crippen LogP) is 7.55. The van der Waals surface area contributed by atoms with Gasteiger partial charge in [0.25, 0.3) is 0 Å². The molecule has 1 atom stereocenters. The summed E-state index contributed by atoms with van der Waals surface area (Å²) in [6.07, 6.45) is -5.76. The summed E-state index contributed by atoms with van der Waals surface area (Å²) in [5.41, 5.74) is 0.979. The van der Waals surface area contributed by atoms with Crippen LogP contribution in [0.5, 0.6) is 0 Å². The molecule has 0 aromatic heterocycles. The van der Waals surface area contributed by atoms with Crippen molar-refractivity contribution in [2.45, 2.75) is 29.6 Å². The number of hydrogen-bond donors (Lipinski definition) is 3. The van der Waals surface area contributed by atoms with E-state index in [9.17, 15) is 22.4 Å². The van der Waals surface area contributed by atoms with Crippen molar-refractivity contribution in [2.75, 3.05) is 18.4 Å². The van der Waals surface area contributed by atoms with Crippen LogP contribution in [0, 0.1) is 11.2 Å². The number of para-hydroxylation sites is 1. The summed E-state index contributed by atoms with van der Waals surface area (Å²) in [5, 5.41) is 10.2. The van der Waals surface area contributed by atoms with E-state index < -0.39 is 44.4 Å². The summed E-state index contributed by atoms with van der Waals surface area (Å²) in [4.78, 5) is 14.2. The molecule has 0 aliphatic carbocycles. The van der Waals surface area contributed by atoms with Gasteiger partial charge in [-0.05, 0) is 52.6 Å². The third-order valence-corrected chi connectivity index (χ3v) is 8.24. The molecule has 2 aliphatic rings. The van der Waals surface area contributed by atoms with Crippen LogP contribution in [0.2, 0.25) is 10.0 Å². The van der Waals surface area contributed by atoms with E-state index in [1.54, 1.807) is 35.2 Å². The van der Waals surface area contributed by atoms with E-state index in [0.717, 1.165) is 23.3 Å². The number of halogens is 6. The number of rotatable bonds is 5. The van der Waals surface area contributed by atoms with Gasteiger partial charge in [0, 0.05) is 17.8 Å². The Kier molecular flexibility index (Phi) is 7.12. The quantitative estimate of drug-likeness (QED) is 0.123. The van der Waals surface area contributed by atoms with Gasteiger partial charge in [0.2, 0.25) is 0 Å². The minimum Gasteiger partial charge on any atom is -0.362 e. The molecule has 0 radical (unpaired) electrons. The molecule has 3 aromatic carbocycles. The Balaban J connectivity index is 1.33. The van der Waals surface area contributed by atoms with Crippen LogP contribution in [0.4, 0.5) is 28.0 Å². The molecule has 0 bridgehead atoms. The molecule has 0 saturated carbocycles. The third-order valence-electron chi connectivity index (χ3n) is 7.02. The standard InChI is InChI=1S/C27H21Cl2F4N3O2S/c28-20-9-17(10-21(29)23(20)30)26(39,27(31,32)33)11-22(34)15-6-7-19-16(8-15)12-38-25(19)13-36(14-25)24(37)35-18-4-2-1-3-5-18/h1-10,34,39H,11-14H2,(H,35,37). The Bertz CT molecular complexity index is 1440. The normalized spacial score (nSPS) is 17.4. The van der Waals surface area contributed by atoms with Crippen LogP contribution in [0.15, 0.2) is 60.7 Å². The molecule has 12 heteroatoms. The summed E-state index contributed by atoms with van der Waals surface area (Å²) in [5.74, 6) is -1.03. The van der Waals surface area contributed by atoms with Gasteiger partial charge in [-0.1, -0.05) is 53.5 Å². The number of carbonyl (C=O) groups is 1. The van der Waals surface area contributed by atoms with E-state index in [2.05, 4.69) is 17.9 Å². The molecule has 2 aliphatic heterocycles. The molecule has 39 heavy (non-hydrogen) atoms. The van der Waals surface area contributed by atoms with Gasteiger partial charge in [-0.3, -0.25) is 0 Å².